The highest BCUT2D eigenvalue weighted by Gasteiger charge is 2.21. The number of nitrogens with zero attached hydrogens (tertiary/aromatic N) is 1. The van der Waals surface area contributed by atoms with E-state index in [0.29, 0.717) is 23.9 Å². The Labute approximate surface area is 351 Å². The van der Waals surface area contributed by atoms with Crippen molar-refractivity contribution < 1.29 is 42.9 Å². The molecule has 57 heavy (non-hydrogen) atoms. The first-order valence-electron chi connectivity index (χ1n) is 23.8. The van der Waals surface area contributed by atoms with E-state index in [-0.39, 0.29) is 32.2 Å². The SMILES string of the molecule is CCCCCCCCC/C=C\CCCCCCCCCC(=O)OC(COC(=O)CCCCCCCCCCCCCCCC)COC(OCC[N+](C)(C)C)C(=O)[O-]. The minimum atomic E-state index is -1.62. The number of esters is 2. The van der Waals surface area contributed by atoms with Crippen LogP contribution in [0.1, 0.15) is 219 Å². The Hall–Kier alpha value is -1.97. The number of rotatable bonds is 44. The number of unbranched alkanes of at least 4 members (excludes halogenated alkanes) is 27. The maximum absolute atomic E-state index is 12.8. The Morgan fingerprint density at radius 3 is 1.30 bits per heavy atom. The summed E-state index contributed by atoms with van der Waals surface area (Å²) in [4.78, 5) is 37.0. The summed E-state index contributed by atoms with van der Waals surface area (Å²) in [6.45, 7) is 4.76. The highest BCUT2D eigenvalue weighted by Crippen LogP contribution is 2.15. The predicted molar refractivity (Wildman–Crippen MR) is 233 cm³/mol. The average Bonchev–Trinajstić information content (AvgIpc) is 3.17. The molecule has 336 valence electrons. The quantitative estimate of drug-likeness (QED) is 0.0197. The zero-order chi connectivity index (χ0) is 42.1. The lowest BCUT2D eigenvalue weighted by molar-refractivity contribution is -0.870. The number of carboxylic acids is 1. The van der Waals surface area contributed by atoms with Crippen molar-refractivity contribution in [3.63, 3.8) is 0 Å². The number of hydrogen-bond donors (Lipinski definition) is 0. The third kappa shape index (κ3) is 42.0. The van der Waals surface area contributed by atoms with Crippen LogP contribution in [0.15, 0.2) is 12.2 Å². The first-order chi connectivity index (χ1) is 27.6. The molecular weight excluding hydrogens is 719 g/mol. The first kappa shape index (κ1) is 55.0. The fraction of sp³-hybridized carbons (Fsp3) is 0.896. The van der Waals surface area contributed by atoms with Gasteiger partial charge in [0.25, 0.3) is 0 Å². The number of carboxylic acid groups (broad SMARTS) is 1. The second kappa shape index (κ2) is 40.8. The topological polar surface area (TPSA) is 111 Å². The van der Waals surface area contributed by atoms with E-state index in [1.54, 1.807) is 0 Å². The van der Waals surface area contributed by atoms with Crippen LogP contribution in [0.4, 0.5) is 0 Å². The van der Waals surface area contributed by atoms with Crippen molar-refractivity contribution >= 4 is 17.9 Å². The van der Waals surface area contributed by atoms with Gasteiger partial charge in [0.05, 0.1) is 40.3 Å². The van der Waals surface area contributed by atoms with E-state index in [2.05, 4.69) is 26.0 Å². The highest BCUT2D eigenvalue weighted by atomic mass is 16.7. The van der Waals surface area contributed by atoms with Crippen LogP contribution in [-0.2, 0) is 33.3 Å². The molecule has 0 spiro atoms. The molecule has 9 heteroatoms. The Balaban J connectivity index is 4.38. The van der Waals surface area contributed by atoms with Crippen LogP contribution in [0, 0.1) is 0 Å². The summed E-state index contributed by atoms with van der Waals surface area (Å²) in [6.07, 6.45) is 39.5. The largest absolute Gasteiger partial charge is 0.545 e. The number of carbonyl (C=O) groups is 3. The number of likely N-dealkylation sites (N-methyl/N-ethyl adjacent to an activating group) is 1. The van der Waals surface area contributed by atoms with Gasteiger partial charge in [-0.1, -0.05) is 180 Å². The number of allylic oxidation sites excluding steroid dienone is 2. The number of hydrogen-bond acceptors (Lipinski definition) is 8. The molecular formula is C48H91NO8. The molecule has 0 rings (SSSR count). The molecule has 2 unspecified atom stereocenters. The van der Waals surface area contributed by atoms with Gasteiger partial charge in [0.2, 0.25) is 0 Å². The third-order valence-corrected chi connectivity index (χ3v) is 10.5. The van der Waals surface area contributed by atoms with Crippen LogP contribution >= 0.6 is 0 Å². The lowest BCUT2D eigenvalue weighted by atomic mass is 10.0. The molecule has 0 aliphatic carbocycles. The Kier molecular flexibility index (Phi) is 39.4. The summed E-state index contributed by atoms with van der Waals surface area (Å²) in [5, 5.41) is 11.7. The first-order valence-corrected chi connectivity index (χ1v) is 23.8. The van der Waals surface area contributed by atoms with Gasteiger partial charge in [0.1, 0.15) is 13.2 Å². The van der Waals surface area contributed by atoms with Gasteiger partial charge in [-0.15, -0.1) is 0 Å². The van der Waals surface area contributed by atoms with Gasteiger partial charge in [0.15, 0.2) is 12.4 Å². The van der Waals surface area contributed by atoms with Crippen molar-refractivity contribution in [1.29, 1.82) is 0 Å². The van der Waals surface area contributed by atoms with E-state index in [1.807, 2.05) is 21.1 Å². The zero-order valence-corrected chi connectivity index (χ0v) is 38.0. The summed E-state index contributed by atoms with van der Waals surface area (Å²) in [5.74, 6) is -2.28. The van der Waals surface area contributed by atoms with Gasteiger partial charge in [-0.3, -0.25) is 9.59 Å². The molecule has 0 saturated carbocycles. The lowest BCUT2D eigenvalue weighted by Crippen LogP contribution is -2.44. The van der Waals surface area contributed by atoms with E-state index >= 15 is 0 Å². The number of ether oxygens (including phenoxy) is 4. The Morgan fingerprint density at radius 1 is 0.509 bits per heavy atom. The highest BCUT2D eigenvalue weighted by molar-refractivity contribution is 5.70. The van der Waals surface area contributed by atoms with Crippen molar-refractivity contribution in [1.82, 2.24) is 0 Å². The number of carbonyl (C=O) groups excluding carboxylic acids is 3. The van der Waals surface area contributed by atoms with Gasteiger partial charge in [-0.2, -0.15) is 0 Å². The van der Waals surface area contributed by atoms with Crippen molar-refractivity contribution in [2.45, 2.75) is 232 Å². The fourth-order valence-corrected chi connectivity index (χ4v) is 6.77. The molecule has 0 heterocycles. The smallest absolute Gasteiger partial charge is 0.306 e. The van der Waals surface area contributed by atoms with Crippen molar-refractivity contribution in [3.05, 3.63) is 12.2 Å². The van der Waals surface area contributed by atoms with Crippen LogP contribution < -0.4 is 5.11 Å². The van der Waals surface area contributed by atoms with Crippen LogP contribution in [0.2, 0.25) is 0 Å². The van der Waals surface area contributed by atoms with Crippen LogP contribution in [-0.4, -0.2) is 82.3 Å². The summed E-state index contributed by atoms with van der Waals surface area (Å²) >= 11 is 0. The standard InChI is InChI=1S/C48H91NO8/c1-6-8-10-12-14-16-18-20-22-23-24-25-27-29-31-33-35-37-39-46(51)57-44(43-56-48(47(52)53)54-41-40-49(3,4)5)42-55-45(50)38-36-34-32-30-28-26-21-19-17-15-13-11-9-7-2/h22-23,44,48H,6-21,24-43H2,1-5H3/b23-22-. The van der Waals surface area contributed by atoms with Gasteiger partial charge < -0.3 is 33.3 Å². The third-order valence-electron chi connectivity index (χ3n) is 10.5. The van der Waals surface area contributed by atoms with Crippen LogP contribution in [0.3, 0.4) is 0 Å². The Morgan fingerprint density at radius 2 is 0.895 bits per heavy atom. The molecule has 0 aromatic carbocycles. The van der Waals surface area contributed by atoms with Gasteiger partial charge >= 0.3 is 11.9 Å². The molecule has 0 aliphatic rings. The molecule has 0 aromatic heterocycles. The maximum atomic E-state index is 12.8. The second-order valence-corrected chi connectivity index (χ2v) is 17.4. The monoisotopic (exact) mass is 810 g/mol. The van der Waals surface area contributed by atoms with Gasteiger partial charge in [-0.25, -0.2) is 0 Å². The van der Waals surface area contributed by atoms with E-state index in [9.17, 15) is 19.5 Å². The van der Waals surface area contributed by atoms with E-state index in [0.717, 1.165) is 44.9 Å². The van der Waals surface area contributed by atoms with E-state index in [1.165, 1.54) is 141 Å². The molecule has 0 N–H and O–H groups in total. The molecule has 0 bridgehead atoms. The summed E-state index contributed by atoms with van der Waals surface area (Å²) in [5.41, 5.74) is 0. The second-order valence-electron chi connectivity index (χ2n) is 17.4. The predicted octanol–water partition coefficient (Wildman–Crippen LogP) is 11.3. The van der Waals surface area contributed by atoms with Crippen LogP contribution in [0.25, 0.3) is 0 Å². The average molecular weight is 810 g/mol. The molecule has 2 atom stereocenters. The summed E-state index contributed by atoms with van der Waals surface area (Å²) in [7, 11) is 5.91. The van der Waals surface area contributed by atoms with E-state index in [4.69, 9.17) is 18.9 Å². The molecule has 9 nitrogen and oxygen atoms in total. The fourth-order valence-electron chi connectivity index (χ4n) is 6.77. The molecule has 0 aromatic rings. The maximum Gasteiger partial charge on any atom is 0.306 e. The summed E-state index contributed by atoms with van der Waals surface area (Å²) in [6, 6.07) is 0. The summed E-state index contributed by atoms with van der Waals surface area (Å²) < 4.78 is 22.6. The van der Waals surface area contributed by atoms with Gasteiger partial charge in [-0.05, 0) is 38.5 Å². The molecule has 0 aliphatic heterocycles. The molecule has 0 radical (unpaired) electrons. The zero-order valence-electron chi connectivity index (χ0n) is 38.0. The van der Waals surface area contributed by atoms with Crippen molar-refractivity contribution in [2.24, 2.45) is 0 Å². The number of quaternary nitrogens is 1. The number of aliphatic carboxylic acids is 1. The molecule has 0 fully saturated rings. The molecule has 0 saturated heterocycles. The van der Waals surface area contributed by atoms with Crippen molar-refractivity contribution in [2.75, 3.05) is 47.5 Å². The lowest BCUT2D eigenvalue weighted by Gasteiger charge is -2.26. The van der Waals surface area contributed by atoms with E-state index < -0.39 is 24.3 Å². The molecule has 0 amide bonds. The Bertz CT molecular complexity index is 949. The minimum Gasteiger partial charge on any atom is -0.545 e. The van der Waals surface area contributed by atoms with Gasteiger partial charge in [0, 0.05) is 12.8 Å². The normalized spacial score (nSPS) is 12.9. The van der Waals surface area contributed by atoms with Crippen LogP contribution in [0.5, 0.6) is 0 Å². The van der Waals surface area contributed by atoms with Crippen molar-refractivity contribution in [3.8, 4) is 0 Å². The minimum absolute atomic E-state index is 0.150.